The first-order valence-electron chi connectivity index (χ1n) is 9.64. The number of aryl methyl sites for hydroxylation is 2. The number of nitrogens with one attached hydrogen (secondary N) is 1. The quantitative estimate of drug-likeness (QED) is 0.841. The Morgan fingerprint density at radius 2 is 1.74 bits per heavy atom. The van der Waals surface area contributed by atoms with Crippen LogP contribution in [0.2, 0.25) is 0 Å². The summed E-state index contributed by atoms with van der Waals surface area (Å²) in [4.78, 5) is 12.7. The van der Waals surface area contributed by atoms with E-state index in [1.54, 1.807) is 6.92 Å². The molecule has 0 bridgehead atoms. The number of ether oxygens (including phenoxy) is 2. The second kappa shape index (κ2) is 8.57. The third-order valence-electron chi connectivity index (χ3n) is 5.31. The Bertz CT molecular complexity index is 746. The van der Waals surface area contributed by atoms with Crippen LogP contribution in [0, 0.1) is 13.8 Å². The fraction of sp³-hybridized carbons (Fsp3) is 0.435. The highest BCUT2D eigenvalue weighted by Gasteiger charge is 2.35. The summed E-state index contributed by atoms with van der Waals surface area (Å²) in [5.74, 6) is 0.648. The van der Waals surface area contributed by atoms with Gasteiger partial charge in [0.15, 0.2) is 6.10 Å². The molecular formula is C23H29NO3. The average molecular weight is 367 g/mol. The van der Waals surface area contributed by atoms with Crippen LogP contribution < -0.4 is 10.1 Å². The van der Waals surface area contributed by atoms with E-state index in [-0.39, 0.29) is 11.3 Å². The number of carbonyl (C=O) groups is 1. The van der Waals surface area contributed by atoms with Crippen LogP contribution in [0.3, 0.4) is 0 Å². The Balaban J connectivity index is 1.65. The zero-order valence-corrected chi connectivity index (χ0v) is 16.5. The van der Waals surface area contributed by atoms with Crippen molar-refractivity contribution in [1.29, 1.82) is 0 Å². The number of carbonyl (C=O) groups excluding carboxylic acids is 1. The van der Waals surface area contributed by atoms with E-state index in [2.05, 4.69) is 35.6 Å². The highest BCUT2D eigenvalue weighted by molar-refractivity contribution is 5.80. The maximum atomic E-state index is 12.7. The van der Waals surface area contributed by atoms with Gasteiger partial charge in [-0.2, -0.15) is 0 Å². The van der Waals surface area contributed by atoms with Gasteiger partial charge in [-0.15, -0.1) is 0 Å². The van der Waals surface area contributed by atoms with Gasteiger partial charge in [0.2, 0.25) is 0 Å². The Kier molecular flexibility index (Phi) is 6.17. The van der Waals surface area contributed by atoms with Gasteiger partial charge in [0.1, 0.15) is 5.75 Å². The zero-order chi connectivity index (χ0) is 19.3. The number of amides is 1. The van der Waals surface area contributed by atoms with Crippen molar-refractivity contribution in [3.8, 4) is 5.75 Å². The molecule has 1 heterocycles. The summed E-state index contributed by atoms with van der Waals surface area (Å²) in [6.45, 7) is 7.89. The number of hydrogen-bond donors (Lipinski definition) is 1. The molecule has 1 fully saturated rings. The van der Waals surface area contributed by atoms with Gasteiger partial charge in [0.05, 0.1) is 0 Å². The summed E-state index contributed by atoms with van der Waals surface area (Å²) in [7, 11) is 0. The van der Waals surface area contributed by atoms with E-state index in [9.17, 15) is 4.79 Å². The lowest BCUT2D eigenvalue weighted by atomic mass is 9.74. The average Bonchev–Trinajstić information content (AvgIpc) is 2.66. The second-order valence-electron chi connectivity index (χ2n) is 7.56. The first-order valence-corrected chi connectivity index (χ1v) is 9.64. The van der Waals surface area contributed by atoms with Crippen LogP contribution in [0.15, 0.2) is 48.5 Å². The first-order chi connectivity index (χ1) is 13.0. The Morgan fingerprint density at radius 1 is 1.11 bits per heavy atom. The van der Waals surface area contributed by atoms with Crippen molar-refractivity contribution in [2.24, 2.45) is 0 Å². The normalized spacial score (nSPS) is 17.1. The van der Waals surface area contributed by atoms with Gasteiger partial charge in [0.25, 0.3) is 5.91 Å². The van der Waals surface area contributed by atoms with Crippen LogP contribution in [-0.2, 0) is 14.9 Å². The molecule has 27 heavy (non-hydrogen) atoms. The first kappa shape index (κ1) is 19.4. The van der Waals surface area contributed by atoms with Crippen molar-refractivity contribution in [2.75, 3.05) is 19.8 Å². The molecule has 0 aromatic heterocycles. The van der Waals surface area contributed by atoms with Crippen LogP contribution in [-0.4, -0.2) is 31.8 Å². The van der Waals surface area contributed by atoms with E-state index in [0.717, 1.165) is 42.9 Å². The molecule has 0 saturated carbocycles. The summed E-state index contributed by atoms with van der Waals surface area (Å²) in [6, 6.07) is 16.4. The van der Waals surface area contributed by atoms with Gasteiger partial charge in [-0.3, -0.25) is 4.79 Å². The molecule has 144 valence electrons. The van der Waals surface area contributed by atoms with Gasteiger partial charge < -0.3 is 14.8 Å². The van der Waals surface area contributed by atoms with Gasteiger partial charge in [-0.25, -0.2) is 0 Å². The molecule has 0 unspecified atom stereocenters. The minimum Gasteiger partial charge on any atom is -0.481 e. The second-order valence-corrected chi connectivity index (χ2v) is 7.56. The van der Waals surface area contributed by atoms with E-state index >= 15 is 0 Å². The molecule has 3 rings (SSSR count). The third kappa shape index (κ3) is 4.89. The van der Waals surface area contributed by atoms with Gasteiger partial charge >= 0.3 is 0 Å². The maximum Gasteiger partial charge on any atom is 0.260 e. The number of rotatable bonds is 6. The van der Waals surface area contributed by atoms with E-state index in [0.29, 0.717) is 6.54 Å². The molecule has 1 saturated heterocycles. The van der Waals surface area contributed by atoms with Crippen LogP contribution >= 0.6 is 0 Å². The van der Waals surface area contributed by atoms with Crippen molar-refractivity contribution in [3.63, 3.8) is 0 Å². The molecule has 0 spiro atoms. The summed E-state index contributed by atoms with van der Waals surface area (Å²) in [6.07, 6.45) is 1.27. The third-order valence-corrected chi connectivity index (χ3v) is 5.31. The minimum atomic E-state index is -0.543. The fourth-order valence-corrected chi connectivity index (χ4v) is 3.78. The van der Waals surface area contributed by atoms with E-state index < -0.39 is 6.10 Å². The van der Waals surface area contributed by atoms with Gasteiger partial charge in [0, 0.05) is 25.2 Å². The van der Waals surface area contributed by atoms with Crippen LogP contribution in [0.25, 0.3) is 0 Å². The summed E-state index contributed by atoms with van der Waals surface area (Å²) in [5.41, 5.74) is 3.44. The number of hydrogen-bond acceptors (Lipinski definition) is 3. The molecule has 1 amide bonds. The Labute approximate surface area is 161 Å². The smallest absolute Gasteiger partial charge is 0.260 e. The molecule has 4 heteroatoms. The van der Waals surface area contributed by atoms with Crippen molar-refractivity contribution < 1.29 is 14.3 Å². The molecule has 1 N–H and O–H groups in total. The molecule has 1 atom stereocenters. The molecule has 2 aromatic rings. The SMILES string of the molecule is Cc1cc(C)cc(O[C@H](C)C(=O)NCC2(c3ccccc3)CCOCC2)c1. The fourth-order valence-electron chi connectivity index (χ4n) is 3.78. The summed E-state index contributed by atoms with van der Waals surface area (Å²) >= 11 is 0. The van der Waals surface area contributed by atoms with Crippen molar-refractivity contribution in [1.82, 2.24) is 5.32 Å². The lowest BCUT2D eigenvalue weighted by Gasteiger charge is -2.38. The van der Waals surface area contributed by atoms with Crippen molar-refractivity contribution in [3.05, 3.63) is 65.2 Å². The zero-order valence-electron chi connectivity index (χ0n) is 16.5. The highest BCUT2D eigenvalue weighted by atomic mass is 16.5. The Morgan fingerprint density at radius 3 is 2.37 bits per heavy atom. The van der Waals surface area contributed by atoms with Gasteiger partial charge in [-0.1, -0.05) is 36.4 Å². The number of benzene rings is 2. The van der Waals surface area contributed by atoms with Crippen LogP contribution in [0.5, 0.6) is 5.75 Å². The monoisotopic (exact) mass is 367 g/mol. The molecule has 2 aromatic carbocycles. The van der Waals surface area contributed by atoms with Gasteiger partial charge in [-0.05, 0) is 62.4 Å². The molecule has 1 aliphatic rings. The molecule has 0 radical (unpaired) electrons. The van der Waals surface area contributed by atoms with Crippen molar-refractivity contribution >= 4 is 5.91 Å². The lowest BCUT2D eigenvalue weighted by molar-refractivity contribution is -0.127. The Hall–Kier alpha value is -2.33. The predicted octanol–water partition coefficient (Wildman–Crippen LogP) is 3.94. The molecular weight excluding hydrogens is 338 g/mol. The molecule has 0 aliphatic carbocycles. The molecule has 4 nitrogen and oxygen atoms in total. The van der Waals surface area contributed by atoms with Crippen LogP contribution in [0.4, 0.5) is 0 Å². The summed E-state index contributed by atoms with van der Waals surface area (Å²) < 4.78 is 11.4. The topological polar surface area (TPSA) is 47.6 Å². The summed E-state index contributed by atoms with van der Waals surface area (Å²) in [5, 5.41) is 3.12. The van der Waals surface area contributed by atoms with E-state index in [4.69, 9.17) is 9.47 Å². The highest BCUT2D eigenvalue weighted by Crippen LogP contribution is 2.34. The standard InChI is InChI=1S/C23H29NO3/c1-17-13-18(2)15-21(14-17)27-19(3)22(25)24-16-23(9-11-26-12-10-23)20-7-5-4-6-8-20/h4-8,13-15,19H,9-12,16H2,1-3H3,(H,24,25)/t19-/m1/s1. The van der Waals surface area contributed by atoms with Crippen LogP contribution in [0.1, 0.15) is 36.5 Å². The maximum absolute atomic E-state index is 12.7. The minimum absolute atomic E-state index is 0.0746. The predicted molar refractivity (Wildman–Crippen MR) is 107 cm³/mol. The van der Waals surface area contributed by atoms with Crippen molar-refractivity contribution in [2.45, 2.75) is 45.1 Å². The van der Waals surface area contributed by atoms with E-state index in [1.165, 1.54) is 5.56 Å². The molecule has 1 aliphatic heterocycles. The van der Waals surface area contributed by atoms with E-state index in [1.807, 2.05) is 32.0 Å². The largest absolute Gasteiger partial charge is 0.481 e. The lowest BCUT2D eigenvalue weighted by Crippen LogP contribution is -2.47.